The zero-order chi connectivity index (χ0) is 13.1. The number of hydrogen-bond donors (Lipinski definition) is 1. The first-order valence-electron chi connectivity index (χ1n) is 6.91. The fourth-order valence-corrected chi connectivity index (χ4v) is 2.59. The van der Waals surface area contributed by atoms with E-state index < -0.39 is 0 Å². The van der Waals surface area contributed by atoms with E-state index in [4.69, 9.17) is 0 Å². The zero-order valence-corrected chi connectivity index (χ0v) is 11.2. The van der Waals surface area contributed by atoms with Crippen molar-refractivity contribution < 1.29 is 9.59 Å². The van der Waals surface area contributed by atoms with Crippen molar-refractivity contribution in [2.75, 3.05) is 6.54 Å². The van der Waals surface area contributed by atoms with Crippen molar-refractivity contribution in [1.29, 1.82) is 0 Å². The van der Waals surface area contributed by atoms with Crippen LogP contribution in [-0.2, 0) is 9.59 Å². The summed E-state index contributed by atoms with van der Waals surface area (Å²) in [4.78, 5) is 26.2. The van der Waals surface area contributed by atoms with Gasteiger partial charge in [0.2, 0.25) is 11.8 Å². The molecule has 0 radical (unpaired) electrons. The molecule has 1 saturated carbocycles. The van der Waals surface area contributed by atoms with Gasteiger partial charge in [0.05, 0.1) is 0 Å². The van der Waals surface area contributed by atoms with Crippen LogP contribution in [0.3, 0.4) is 0 Å². The van der Waals surface area contributed by atoms with Crippen molar-refractivity contribution in [2.24, 2.45) is 5.92 Å². The summed E-state index contributed by atoms with van der Waals surface area (Å²) in [5, 5.41) is 2.90. The van der Waals surface area contributed by atoms with Crippen LogP contribution in [0.25, 0.3) is 0 Å². The predicted molar refractivity (Wildman–Crippen MR) is 69.9 cm³/mol. The lowest BCUT2D eigenvalue weighted by molar-refractivity contribution is -0.150. The van der Waals surface area contributed by atoms with E-state index in [0.29, 0.717) is 18.9 Å². The van der Waals surface area contributed by atoms with Gasteiger partial charge in [0.25, 0.3) is 0 Å². The molecule has 1 aliphatic heterocycles. The van der Waals surface area contributed by atoms with Gasteiger partial charge in [-0.15, -0.1) is 0 Å². The summed E-state index contributed by atoms with van der Waals surface area (Å²) < 4.78 is 0. The average Bonchev–Trinajstić information content (AvgIpc) is 3.17. The Balaban J connectivity index is 2.08. The number of hydrogen-bond acceptors (Lipinski definition) is 2. The number of rotatable bonds is 5. The van der Waals surface area contributed by atoms with Gasteiger partial charge in [0.15, 0.2) is 0 Å². The molecular formula is C14H22N2O2. The summed E-state index contributed by atoms with van der Waals surface area (Å²) in [6.07, 6.45) is 7.66. The van der Waals surface area contributed by atoms with E-state index in [-0.39, 0.29) is 23.9 Å². The summed E-state index contributed by atoms with van der Waals surface area (Å²) in [6.45, 7) is 4.57. The topological polar surface area (TPSA) is 49.4 Å². The molecule has 2 rings (SSSR count). The third kappa shape index (κ3) is 2.57. The van der Waals surface area contributed by atoms with Gasteiger partial charge in [-0.3, -0.25) is 9.59 Å². The van der Waals surface area contributed by atoms with Crippen LogP contribution in [0.5, 0.6) is 0 Å². The average molecular weight is 250 g/mol. The van der Waals surface area contributed by atoms with E-state index in [1.54, 1.807) is 4.90 Å². The van der Waals surface area contributed by atoms with Gasteiger partial charge in [0.1, 0.15) is 12.1 Å². The molecule has 2 amide bonds. The van der Waals surface area contributed by atoms with Gasteiger partial charge in [-0.25, -0.2) is 0 Å². The molecule has 4 nitrogen and oxygen atoms in total. The molecular weight excluding hydrogens is 228 g/mol. The Morgan fingerprint density at radius 2 is 2.11 bits per heavy atom. The Kier molecular flexibility index (Phi) is 4.04. The Morgan fingerprint density at radius 3 is 2.67 bits per heavy atom. The van der Waals surface area contributed by atoms with E-state index in [9.17, 15) is 9.59 Å². The van der Waals surface area contributed by atoms with Gasteiger partial charge < -0.3 is 10.2 Å². The quantitative estimate of drug-likeness (QED) is 0.751. The van der Waals surface area contributed by atoms with E-state index >= 15 is 0 Å². The predicted octanol–water partition coefficient (Wildman–Crippen LogP) is 1.47. The van der Waals surface area contributed by atoms with Crippen LogP contribution in [0.1, 0.15) is 39.5 Å². The lowest BCUT2D eigenvalue weighted by Gasteiger charge is -2.38. The fourth-order valence-electron chi connectivity index (χ4n) is 2.59. The zero-order valence-electron chi connectivity index (χ0n) is 11.2. The second-order valence-corrected chi connectivity index (χ2v) is 5.14. The van der Waals surface area contributed by atoms with Crippen LogP contribution in [0.4, 0.5) is 0 Å². The van der Waals surface area contributed by atoms with E-state index in [2.05, 4.69) is 5.32 Å². The highest BCUT2D eigenvalue weighted by atomic mass is 16.2. The Labute approximate surface area is 108 Å². The Hall–Kier alpha value is -1.32. The summed E-state index contributed by atoms with van der Waals surface area (Å²) in [6, 6.07) is -0.538. The number of amides is 2. The lowest BCUT2D eigenvalue weighted by Crippen LogP contribution is -2.63. The van der Waals surface area contributed by atoms with Gasteiger partial charge in [-0.2, -0.15) is 0 Å². The second kappa shape index (κ2) is 5.55. The van der Waals surface area contributed by atoms with Crippen molar-refractivity contribution in [3.05, 3.63) is 12.2 Å². The minimum atomic E-state index is -0.280. The number of carbonyl (C=O) groups is 2. The minimum Gasteiger partial charge on any atom is -0.342 e. The number of nitrogens with one attached hydrogen (secondary N) is 1. The maximum Gasteiger partial charge on any atom is 0.246 e. The van der Waals surface area contributed by atoms with Crippen LogP contribution in [-0.4, -0.2) is 35.3 Å². The third-order valence-corrected chi connectivity index (χ3v) is 3.78. The molecule has 1 N–H and O–H groups in total. The first kappa shape index (κ1) is 13.1. The van der Waals surface area contributed by atoms with E-state index in [1.807, 2.05) is 26.0 Å². The molecule has 0 aromatic rings. The maximum atomic E-state index is 12.4. The summed E-state index contributed by atoms with van der Waals surface area (Å²) >= 11 is 0. The molecule has 2 aliphatic rings. The van der Waals surface area contributed by atoms with Gasteiger partial charge in [0, 0.05) is 6.54 Å². The smallest absolute Gasteiger partial charge is 0.246 e. The summed E-state index contributed by atoms with van der Waals surface area (Å²) in [7, 11) is 0. The molecule has 2 fully saturated rings. The molecule has 0 bridgehead atoms. The molecule has 0 spiro atoms. The summed E-state index contributed by atoms with van der Waals surface area (Å²) in [5.41, 5.74) is 0. The van der Waals surface area contributed by atoms with Crippen LogP contribution < -0.4 is 5.32 Å². The fraction of sp³-hybridized carbons (Fsp3) is 0.714. The second-order valence-electron chi connectivity index (χ2n) is 5.14. The van der Waals surface area contributed by atoms with Crippen molar-refractivity contribution in [3.63, 3.8) is 0 Å². The maximum absolute atomic E-state index is 12.4. The molecule has 4 heteroatoms. The number of carbonyl (C=O) groups excluding carboxylic acids is 2. The van der Waals surface area contributed by atoms with Gasteiger partial charge >= 0.3 is 0 Å². The van der Waals surface area contributed by atoms with Gasteiger partial charge in [-0.05, 0) is 38.5 Å². The minimum absolute atomic E-state index is 0.0227. The molecule has 2 atom stereocenters. The monoisotopic (exact) mass is 250 g/mol. The highest BCUT2D eigenvalue weighted by Crippen LogP contribution is 2.35. The van der Waals surface area contributed by atoms with Crippen molar-refractivity contribution >= 4 is 11.8 Å². The Morgan fingerprint density at radius 1 is 1.39 bits per heavy atom. The highest BCUT2D eigenvalue weighted by molar-refractivity contribution is 5.97. The van der Waals surface area contributed by atoms with E-state index in [0.717, 1.165) is 19.3 Å². The highest BCUT2D eigenvalue weighted by Gasteiger charge is 2.45. The third-order valence-electron chi connectivity index (χ3n) is 3.78. The van der Waals surface area contributed by atoms with E-state index in [1.165, 1.54) is 0 Å². The number of allylic oxidation sites excluding steroid dienone is 1. The molecule has 2 unspecified atom stereocenters. The van der Waals surface area contributed by atoms with Crippen LogP contribution >= 0.6 is 0 Å². The first-order valence-corrected chi connectivity index (χ1v) is 6.91. The molecule has 1 aliphatic carbocycles. The lowest BCUT2D eigenvalue weighted by atomic mass is 10.0. The van der Waals surface area contributed by atoms with Crippen molar-refractivity contribution in [2.45, 2.75) is 51.6 Å². The van der Waals surface area contributed by atoms with Gasteiger partial charge in [-0.1, -0.05) is 19.1 Å². The van der Waals surface area contributed by atoms with Crippen LogP contribution in [0, 0.1) is 5.92 Å². The molecule has 0 aromatic carbocycles. The molecule has 1 saturated heterocycles. The molecule has 0 aromatic heterocycles. The normalized spacial score (nSPS) is 28.9. The molecule has 18 heavy (non-hydrogen) atoms. The molecule has 100 valence electrons. The summed E-state index contributed by atoms with van der Waals surface area (Å²) in [5.74, 6) is 0.520. The number of piperazine rings is 1. The van der Waals surface area contributed by atoms with Crippen molar-refractivity contribution in [3.8, 4) is 0 Å². The number of nitrogens with zero attached hydrogens (tertiary/aromatic N) is 1. The van der Waals surface area contributed by atoms with Crippen LogP contribution in [0.2, 0.25) is 0 Å². The standard InChI is InChI=1S/C14H22N2O2/c1-3-5-6-9-16-11(4-2)13(17)15-12(14(16)18)10-7-8-10/h3,5,10-12H,4,6-9H2,1-2H3,(H,15,17)/b5-3+. The first-order chi connectivity index (χ1) is 8.69. The Bertz CT molecular complexity index is 361. The largest absolute Gasteiger partial charge is 0.342 e. The molecule has 1 heterocycles. The van der Waals surface area contributed by atoms with Crippen molar-refractivity contribution in [1.82, 2.24) is 10.2 Å². The van der Waals surface area contributed by atoms with Crippen LogP contribution in [0.15, 0.2) is 12.2 Å². The SMILES string of the molecule is C/C=C/CCN1C(=O)C(C2CC2)NC(=O)C1CC.